The number of hydrogen-bond donors (Lipinski definition) is 3. The molecule has 3 N–H and O–H groups in total. The molecule has 1 aromatic carbocycles. The molecule has 7 nitrogen and oxygen atoms in total. The van der Waals surface area contributed by atoms with E-state index in [4.69, 9.17) is 4.42 Å². The fourth-order valence-electron chi connectivity index (χ4n) is 2.56. The second-order valence-corrected chi connectivity index (χ2v) is 5.73. The maximum atomic E-state index is 11.8. The van der Waals surface area contributed by atoms with E-state index in [0.717, 1.165) is 10.9 Å². The van der Waals surface area contributed by atoms with E-state index in [1.54, 1.807) is 18.2 Å². The van der Waals surface area contributed by atoms with E-state index < -0.39 is 17.9 Å². The molecule has 7 heteroatoms. The molecule has 1 unspecified atom stereocenters. The molecule has 0 aliphatic carbocycles. The fourth-order valence-corrected chi connectivity index (χ4v) is 2.56. The molecule has 0 radical (unpaired) electrons. The zero-order valence-corrected chi connectivity index (χ0v) is 13.7. The number of carbonyl (C=O) groups excluding carboxylic acids is 2. The van der Waals surface area contributed by atoms with Crippen molar-refractivity contribution >= 4 is 22.7 Å². The number of aliphatic hydroxyl groups is 1. The third kappa shape index (κ3) is 3.89. The van der Waals surface area contributed by atoms with Gasteiger partial charge in [0.2, 0.25) is 0 Å². The summed E-state index contributed by atoms with van der Waals surface area (Å²) < 4.78 is 7.05. The highest BCUT2D eigenvalue weighted by atomic mass is 16.3. The molecular formula is C18H19N3O4. The first-order valence-electron chi connectivity index (χ1n) is 7.86. The van der Waals surface area contributed by atoms with Crippen LogP contribution in [-0.2, 0) is 23.2 Å². The Morgan fingerprint density at radius 1 is 1.20 bits per heavy atom. The summed E-state index contributed by atoms with van der Waals surface area (Å²) in [5, 5.41) is 16.1. The summed E-state index contributed by atoms with van der Waals surface area (Å²) in [5.74, 6) is -1.02. The summed E-state index contributed by atoms with van der Waals surface area (Å²) in [6, 6.07) is 10.9. The molecule has 130 valence electrons. The van der Waals surface area contributed by atoms with Crippen molar-refractivity contribution in [3.63, 3.8) is 0 Å². The highest BCUT2D eigenvalue weighted by molar-refractivity contribution is 6.35. The minimum absolute atomic E-state index is 0.0503. The first-order chi connectivity index (χ1) is 12.0. The molecule has 0 spiro atoms. The molecule has 0 saturated heterocycles. The van der Waals surface area contributed by atoms with E-state index in [1.807, 2.05) is 36.0 Å². The number of rotatable bonds is 5. The molecule has 3 aromatic rings. The van der Waals surface area contributed by atoms with Crippen molar-refractivity contribution in [2.45, 2.75) is 12.6 Å². The van der Waals surface area contributed by atoms with Crippen LogP contribution in [0.5, 0.6) is 0 Å². The van der Waals surface area contributed by atoms with E-state index >= 15 is 0 Å². The SMILES string of the molecule is Cn1ccc2cc(C(O)CNC(=O)C(=O)NCc3ccco3)ccc21. The van der Waals surface area contributed by atoms with Gasteiger partial charge in [-0.2, -0.15) is 0 Å². The van der Waals surface area contributed by atoms with Crippen LogP contribution in [0.2, 0.25) is 0 Å². The van der Waals surface area contributed by atoms with Crippen molar-refractivity contribution in [2.75, 3.05) is 6.54 Å². The fraction of sp³-hybridized carbons (Fsp3) is 0.222. The lowest BCUT2D eigenvalue weighted by Gasteiger charge is -2.12. The zero-order valence-electron chi connectivity index (χ0n) is 13.7. The molecule has 0 aliphatic heterocycles. The Morgan fingerprint density at radius 2 is 2.00 bits per heavy atom. The average Bonchev–Trinajstić information content (AvgIpc) is 3.27. The molecule has 2 amide bonds. The largest absolute Gasteiger partial charge is 0.467 e. The number of nitrogens with one attached hydrogen (secondary N) is 2. The summed E-state index contributed by atoms with van der Waals surface area (Å²) in [4.78, 5) is 23.5. The molecule has 1 atom stereocenters. The standard InChI is InChI=1S/C18H19N3O4/c1-21-7-6-12-9-13(4-5-15(12)21)16(22)11-20-18(24)17(23)19-10-14-3-2-8-25-14/h2-9,16,22H,10-11H2,1H3,(H,19,23)(H,20,24). The number of amides is 2. The predicted molar refractivity (Wildman–Crippen MR) is 91.4 cm³/mol. The zero-order chi connectivity index (χ0) is 17.8. The molecule has 0 saturated carbocycles. The van der Waals surface area contributed by atoms with E-state index in [9.17, 15) is 14.7 Å². The Kier molecular flexibility index (Phi) is 4.85. The quantitative estimate of drug-likeness (QED) is 0.608. The lowest BCUT2D eigenvalue weighted by Crippen LogP contribution is -2.41. The Morgan fingerprint density at radius 3 is 2.76 bits per heavy atom. The van der Waals surface area contributed by atoms with E-state index in [1.165, 1.54) is 6.26 Å². The Hall–Kier alpha value is -3.06. The molecule has 25 heavy (non-hydrogen) atoms. The van der Waals surface area contributed by atoms with Crippen LogP contribution in [-0.4, -0.2) is 28.0 Å². The van der Waals surface area contributed by atoms with Crippen molar-refractivity contribution in [2.24, 2.45) is 7.05 Å². The monoisotopic (exact) mass is 341 g/mol. The van der Waals surface area contributed by atoms with Crippen LogP contribution in [0.3, 0.4) is 0 Å². The average molecular weight is 341 g/mol. The van der Waals surface area contributed by atoms with Gasteiger partial charge in [0, 0.05) is 25.3 Å². The van der Waals surface area contributed by atoms with E-state index in [-0.39, 0.29) is 13.1 Å². The van der Waals surface area contributed by atoms with Gasteiger partial charge in [0.25, 0.3) is 0 Å². The van der Waals surface area contributed by atoms with E-state index in [0.29, 0.717) is 11.3 Å². The van der Waals surface area contributed by atoms with Gasteiger partial charge in [-0.3, -0.25) is 9.59 Å². The van der Waals surface area contributed by atoms with Gasteiger partial charge in [-0.15, -0.1) is 0 Å². The molecule has 0 aliphatic rings. The van der Waals surface area contributed by atoms with Crippen LogP contribution in [0.25, 0.3) is 10.9 Å². The van der Waals surface area contributed by atoms with Gasteiger partial charge in [0.15, 0.2) is 0 Å². The van der Waals surface area contributed by atoms with Crippen molar-refractivity contribution in [1.29, 1.82) is 0 Å². The number of aliphatic hydroxyl groups excluding tert-OH is 1. The van der Waals surface area contributed by atoms with Gasteiger partial charge in [-0.05, 0) is 41.3 Å². The smallest absolute Gasteiger partial charge is 0.309 e. The van der Waals surface area contributed by atoms with Crippen LogP contribution in [0, 0.1) is 0 Å². The minimum Gasteiger partial charge on any atom is -0.467 e. The maximum absolute atomic E-state index is 11.8. The molecule has 3 rings (SSSR count). The molecule has 0 bridgehead atoms. The van der Waals surface area contributed by atoms with Gasteiger partial charge < -0.3 is 24.7 Å². The molecular weight excluding hydrogens is 322 g/mol. The first-order valence-corrected chi connectivity index (χ1v) is 7.86. The van der Waals surface area contributed by atoms with Gasteiger partial charge >= 0.3 is 11.8 Å². The van der Waals surface area contributed by atoms with Crippen molar-refractivity contribution in [3.05, 3.63) is 60.2 Å². The summed E-state index contributed by atoms with van der Waals surface area (Å²) in [6.07, 6.45) is 2.53. The van der Waals surface area contributed by atoms with Crippen LogP contribution in [0.1, 0.15) is 17.4 Å². The third-order valence-corrected chi connectivity index (χ3v) is 3.96. The second kappa shape index (κ2) is 7.23. The number of carbonyl (C=O) groups is 2. The van der Waals surface area contributed by atoms with Crippen molar-refractivity contribution < 1.29 is 19.1 Å². The number of furan rings is 1. The number of aromatic nitrogens is 1. The summed E-state index contributed by atoms with van der Waals surface area (Å²) in [7, 11) is 1.94. The van der Waals surface area contributed by atoms with Gasteiger partial charge in [-0.25, -0.2) is 0 Å². The predicted octanol–water partition coefficient (Wildman–Crippen LogP) is 1.24. The highest BCUT2D eigenvalue weighted by Gasteiger charge is 2.16. The lowest BCUT2D eigenvalue weighted by molar-refractivity contribution is -0.139. The molecule has 2 heterocycles. The van der Waals surface area contributed by atoms with Crippen LogP contribution >= 0.6 is 0 Å². The first kappa shape index (κ1) is 16.8. The Labute approximate surface area is 144 Å². The van der Waals surface area contributed by atoms with Gasteiger partial charge in [0.05, 0.1) is 18.9 Å². The highest BCUT2D eigenvalue weighted by Crippen LogP contribution is 2.20. The Balaban J connectivity index is 1.52. The normalized spacial score (nSPS) is 12.1. The minimum atomic E-state index is -0.897. The number of fused-ring (bicyclic) bond motifs is 1. The van der Waals surface area contributed by atoms with Gasteiger partial charge in [-0.1, -0.05) is 6.07 Å². The van der Waals surface area contributed by atoms with Crippen LogP contribution in [0.4, 0.5) is 0 Å². The maximum Gasteiger partial charge on any atom is 0.309 e. The summed E-state index contributed by atoms with van der Waals surface area (Å²) >= 11 is 0. The molecule has 2 aromatic heterocycles. The number of aryl methyl sites for hydroxylation is 1. The van der Waals surface area contributed by atoms with Crippen LogP contribution < -0.4 is 10.6 Å². The number of nitrogens with zero attached hydrogens (tertiary/aromatic N) is 1. The van der Waals surface area contributed by atoms with Crippen molar-refractivity contribution in [3.8, 4) is 0 Å². The van der Waals surface area contributed by atoms with Gasteiger partial charge in [0.1, 0.15) is 5.76 Å². The topological polar surface area (TPSA) is 96.5 Å². The summed E-state index contributed by atoms with van der Waals surface area (Å²) in [6.45, 7) is 0.0812. The number of hydrogen-bond acceptors (Lipinski definition) is 4. The van der Waals surface area contributed by atoms with Crippen molar-refractivity contribution in [1.82, 2.24) is 15.2 Å². The number of benzene rings is 1. The Bertz CT molecular complexity index is 883. The second-order valence-electron chi connectivity index (χ2n) is 5.73. The summed E-state index contributed by atoms with van der Waals surface area (Å²) in [5.41, 5.74) is 1.73. The third-order valence-electron chi connectivity index (χ3n) is 3.96. The molecule has 0 fully saturated rings. The lowest BCUT2D eigenvalue weighted by atomic mass is 10.1. The van der Waals surface area contributed by atoms with E-state index in [2.05, 4.69) is 10.6 Å². The van der Waals surface area contributed by atoms with Crippen LogP contribution in [0.15, 0.2) is 53.3 Å².